The molecule has 1 amide bonds. The predicted molar refractivity (Wildman–Crippen MR) is 88.7 cm³/mol. The molecule has 0 aromatic carbocycles. The first-order valence-electron chi connectivity index (χ1n) is 6.98. The Kier molecular flexibility index (Phi) is 7.09. The quantitative estimate of drug-likeness (QED) is 0.802. The Morgan fingerprint density at radius 3 is 2.78 bits per heavy atom. The van der Waals surface area contributed by atoms with E-state index >= 15 is 0 Å². The number of carbonyl (C=O) groups is 1. The van der Waals surface area contributed by atoms with Crippen molar-refractivity contribution in [1.82, 2.24) is 9.88 Å². The van der Waals surface area contributed by atoms with Crippen LogP contribution in [0.2, 0.25) is 0 Å². The fraction of sp³-hybridized carbons (Fsp3) is 0.467. The zero-order valence-corrected chi connectivity index (χ0v) is 14.0. The van der Waals surface area contributed by atoms with Gasteiger partial charge in [0.25, 0.3) is 0 Å². The molecule has 0 aliphatic carbocycles. The number of ether oxygens (including phenoxy) is 1. The van der Waals surface area contributed by atoms with E-state index in [0.29, 0.717) is 5.69 Å². The van der Waals surface area contributed by atoms with Crippen LogP contribution in [0.1, 0.15) is 20.8 Å². The number of pyridine rings is 1. The van der Waals surface area contributed by atoms with Crippen molar-refractivity contribution < 1.29 is 13.9 Å². The van der Waals surface area contributed by atoms with Gasteiger partial charge in [0.05, 0.1) is 18.4 Å². The molecule has 1 heterocycles. The van der Waals surface area contributed by atoms with Crippen molar-refractivity contribution >= 4 is 34.8 Å². The largest absolute Gasteiger partial charge is 0.444 e. The summed E-state index contributed by atoms with van der Waals surface area (Å²) in [6.07, 6.45) is 3.64. The second-order valence-corrected chi connectivity index (χ2v) is 6.05. The lowest BCUT2D eigenvalue weighted by atomic mass is 10.2. The Bertz CT molecular complexity index is 560. The molecule has 1 aromatic heterocycles. The van der Waals surface area contributed by atoms with Crippen molar-refractivity contribution in [2.45, 2.75) is 32.4 Å². The highest BCUT2D eigenvalue weighted by atomic mass is 35.5. The van der Waals surface area contributed by atoms with Crippen molar-refractivity contribution in [3.8, 4) is 0 Å². The summed E-state index contributed by atoms with van der Waals surface area (Å²) in [7, 11) is 0. The third-order valence-electron chi connectivity index (χ3n) is 2.56. The van der Waals surface area contributed by atoms with Gasteiger partial charge in [0.15, 0.2) is 0 Å². The number of rotatable bonds is 6. The summed E-state index contributed by atoms with van der Waals surface area (Å²) in [5, 5.41) is 7.27. The maximum Gasteiger partial charge on any atom is 0.411 e. The van der Waals surface area contributed by atoms with Gasteiger partial charge in [-0.1, -0.05) is 11.6 Å². The lowest BCUT2D eigenvalue weighted by Gasteiger charge is -2.30. The SMILES string of the molecule is CC(C)(C)OC(=O)N(CCF)C(C=Nc1cccnc1)C(=N)Cl. The number of amides is 1. The number of carbonyl (C=O) groups excluding carboxylic acids is 1. The number of nitrogens with zero attached hydrogens (tertiary/aromatic N) is 3. The lowest BCUT2D eigenvalue weighted by molar-refractivity contribution is 0.0243. The third-order valence-corrected chi connectivity index (χ3v) is 2.78. The van der Waals surface area contributed by atoms with Crippen LogP contribution in [-0.4, -0.2) is 52.2 Å². The van der Waals surface area contributed by atoms with Crippen molar-refractivity contribution in [1.29, 1.82) is 5.41 Å². The molecule has 23 heavy (non-hydrogen) atoms. The van der Waals surface area contributed by atoms with Gasteiger partial charge in [-0.25, -0.2) is 9.18 Å². The lowest BCUT2D eigenvalue weighted by Crippen LogP contribution is -2.47. The minimum atomic E-state index is -1.01. The number of nitrogens with one attached hydrogen (secondary N) is 1. The molecule has 1 N–H and O–H groups in total. The predicted octanol–water partition coefficient (Wildman–Crippen LogP) is 3.58. The van der Waals surface area contributed by atoms with E-state index in [2.05, 4.69) is 9.98 Å². The van der Waals surface area contributed by atoms with Crippen LogP contribution in [-0.2, 0) is 4.74 Å². The maximum atomic E-state index is 12.8. The topological polar surface area (TPSA) is 78.6 Å². The summed E-state index contributed by atoms with van der Waals surface area (Å²) < 4.78 is 18.0. The van der Waals surface area contributed by atoms with Gasteiger partial charge in [-0.15, -0.1) is 0 Å². The Labute approximate surface area is 139 Å². The number of aromatic nitrogens is 1. The summed E-state index contributed by atoms with van der Waals surface area (Å²) >= 11 is 5.76. The van der Waals surface area contributed by atoms with Gasteiger partial charge in [0.1, 0.15) is 23.5 Å². The highest BCUT2D eigenvalue weighted by molar-refractivity contribution is 6.67. The minimum absolute atomic E-state index is 0.256. The van der Waals surface area contributed by atoms with Crippen LogP contribution >= 0.6 is 11.6 Å². The number of hydrogen-bond acceptors (Lipinski definition) is 5. The molecular weight excluding hydrogens is 323 g/mol. The van der Waals surface area contributed by atoms with Crippen LogP contribution in [0.15, 0.2) is 29.5 Å². The van der Waals surface area contributed by atoms with E-state index in [1.165, 1.54) is 12.4 Å². The first kappa shape index (κ1) is 19.0. The van der Waals surface area contributed by atoms with E-state index in [1.807, 2.05) is 0 Å². The Morgan fingerprint density at radius 1 is 1.61 bits per heavy atom. The first-order valence-corrected chi connectivity index (χ1v) is 7.36. The van der Waals surface area contributed by atoms with Gasteiger partial charge in [-0.05, 0) is 32.9 Å². The van der Waals surface area contributed by atoms with E-state index in [9.17, 15) is 9.18 Å². The summed E-state index contributed by atoms with van der Waals surface area (Å²) in [5.74, 6) is 0. The highest BCUT2D eigenvalue weighted by Crippen LogP contribution is 2.14. The average molecular weight is 343 g/mol. The molecule has 0 fully saturated rings. The van der Waals surface area contributed by atoms with Crippen LogP contribution in [0, 0.1) is 5.41 Å². The van der Waals surface area contributed by atoms with E-state index in [0.717, 1.165) is 4.90 Å². The Morgan fingerprint density at radius 2 is 2.30 bits per heavy atom. The molecule has 0 spiro atoms. The van der Waals surface area contributed by atoms with E-state index in [4.69, 9.17) is 21.7 Å². The third kappa shape index (κ3) is 6.73. The normalized spacial score (nSPS) is 12.9. The summed E-state index contributed by atoms with van der Waals surface area (Å²) in [6.45, 7) is 4.05. The molecule has 8 heteroatoms. The highest BCUT2D eigenvalue weighted by Gasteiger charge is 2.29. The molecule has 126 valence electrons. The molecule has 0 radical (unpaired) electrons. The molecule has 1 aromatic rings. The molecule has 0 aliphatic heterocycles. The molecule has 1 atom stereocenters. The Balaban J connectivity index is 3.00. The van der Waals surface area contributed by atoms with Gasteiger partial charge in [0.2, 0.25) is 0 Å². The van der Waals surface area contributed by atoms with E-state index in [-0.39, 0.29) is 11.7 Å². The van der Waals surface area contributed by atoms with Crippen LogP contribution in [0.5, 0.6) is 0 Å². The number of alkyl halides is 1. The molecule has 0 bridgehead atoms. The molecule has 0 saturated heterocycles. The van der Waals surface area contributed by atoms with Crippen molar-refractivity contribution in [3.05, 3.63) is 24.5 Å². The fourth-order valence-electron chi connectivity index (χ4n) is 1.63. The summed E-state index contributed by atoms with van der Waals surface area (Å²) in [6, 6.07) is 2.38. The summed E-state index contributed by atoms with van der Waals surface area (Å²) in [4.78, 5) is 21.3. The monoisotopic (exact) mass is 342 g/mol. The van der Waals surface area contributed by atoms with Gasteiger partial charge in [-0.3, -0.25) is 20.3 Å². The summed E-state index contributed by atoms with van der Waals surface area (Å²) in [5.41, 5.74) is -0.217. The smallest absolute Gasteiger partial charge is 0.411 e. The molecule has 1 rings (SSSR count). The second-order valence-electron chi connectivity index (χ2n) is 5.64. The number of hydrogen-bond donors (Lipinski definition) is 1. The molecule has 0 saturated carbocycles. The van der Waals surface area contributed by atoms with Crippen LogP contribution in [0.3, 0.4) is 0 Å². The van der Waals surface area contributed by atoms with Crippen LogP contribution in [0.4, 0.5) is 14.9 Å². The number of aliphatic imine (C=N–C) groups is 1. The van der Waals surface area contributed by atoms with Crippen LogP contribution in [0.25, 0.3) is 0 Å². The first-order chi connectivity index (χ1) is 10.7. The molecule has 1 unspecified atom stereocenters. The van der Waals surface area contributed by atoms with Gasteiger partial charge in [-0.2, -0.15) is 0 Å². The standard InChI is InChI=1S/C15H20ClFN4O2/c1-15(2,3)23-14(22)21(8-6-17)12(13(16)18)10-20-11-5-4-7-19-9-11/h4-5,7,9-10,12,18H,6,8H2,1-3H3. The van der Waals surface area contributed by atoms with E-state index < -0.39 is 24.4 Å². The number of halogens is 2. The molecular formula is C15H20ClFN4O2. The van der Waals surface area contributed by atoms with E-state index in [1.54, 1.807) is 39.1 Å². The zero-order valence-electron chi connectivity index (χ0n) is 13.3. The van der Waals surface area contributed by atoms with Crippen molar-refractivity contribution in [3.63, 3.8) is 0 Å². The van der Waals surface area contributed by atoms with Crippen molar-refractivity contribution in [2.24, 2.45) is 4.99 Å². The maximum absolute atomic E-state index is 12.8. The molecule has 0 aliphatic rings. The minimum Gasteiger partial charge on any atom is -0.444 e. The average Bonchev–Trinajstić information content (AvgIpc) is 2.45. The van der Waals surface area contributed by atoms with Crippen molar-refractivity contribution in [2.75, 3.05) is 13.2 Å². The van der Waals surface area contributed by atoms with Crippen LogP contribution < -0.4 is 0 Å². The second kappa shape index (κ2) is 8.57. The zero-order chi connectivity index (χ0) is 17.5. The molecule has 6 nitrogen and oxygen atoms in total. The van der Waals surface area contributed by atoms with Gasteiger partial charge in [0, 0.05) is 12.4 Å². The van der Waals surface area contributed by atoms with Gasteiger partial charge < -0.3 is 4.74 Å². The van der Waals surface area contributed by atoms with Gasteiger partial charge >= 0.3 is 6.09 Å². The Hall–Kier alpha value is -2.02. The fourth-order valence-corrected chi connectivity index (χ4v) is 1.80.